The van der Waals surface area contributed by atoms with Crippen LogP contribution in [0.25, 0.3) is 0 Å². The largest absolute Gasteiger partial charge is 0.324 e. The van der Waals surface area contributed by atoms with Crippen molar-refractivity contribution in [1.29, 1.82) is 0 Å². The first kappa shape index (κ1) is 14.0. The molecule has 0 unspecified atom stereocenters. The van der Waals surface area contributed by atoms with Gasteiger partial charge in [-0.1, -0.05) is 6.07 Å². The van der Waals surface area contributed by atoms with Crippen LogP contribution in [0.5, 0.6) is 0 Å². The van der Waals surface area contributed by atoms with Crippen LogP contribution in [0.3, 0.4) is 0 Å². The highest BCUT2D eigenvalue weighted by molar-refractivity contribution is 5.90. The molecule has 0 aliphatic rings. The van der Waals surface area contributed by atoms with Crippen LogP contribution in [0, 0.1) is 20.8 Å². The van der Waals surface area contributed by atoms with Crippen LogP contribution in [0.1, 0.15) is 16.8 Å². The molecule has 1 amide bonds. The minimum absolute atomic E-state index is 0.0898. The van der Waals surface area contributed by atoms with Gasteiger partial charge in [0.25, 0.3) is 5.56 Å². The highest BCUT2D eigenvalue weighted by Crippen LogP contribution is 2.13. The van der Waals surface area contributed by atoms with E-state index in [1.807, 2.05) is 32.0 Å². The first-order valence-electron chi connectivity index (χ1n) is 6.37. The van der Waals surface area contributed by atoms with E-state index >= 15 is 0 Å². The van der Waals surface area contributed by atoms with E-state index in [1.54, 1.807) is 13.0 Å². The Bertz CT molecular complexity index is 705. The number of nitrogens with zero attached hydrogens (tertiary/aromatic N) is 2. The third kappa shape index (κ3) is 3.32. The molecule has 0 fully saturated rings. The maximum Gasteiger partial charge on any atom is 0.267 e. The smallest absolute Gasteiger partial charge is 0.267 e. The Balaban J connectivity index is 2.11. The van der Waals surface area contributed by atoms with Crippen molar-refractivity contribution in [1.82, 2.24) is 9.78 Å². The number of hydrogen-bond acceptors (Lipinski definition) is 3. The van der Waals surface area contributed by atoms with E-state index in [0.717, 1.165) is 15.9 Å². The zero-order chi connectivity index (χ0) is 14.7. The summed E-state index contributed by atoms with van der Waals surface area (Å²) in [4.78, 5) is 23.5. The van der Waals surface area contributed by atoms with E-state index < -0.39 is 0 Å². The number of carbonyl (C=O) groups is 1. The Kier molecular flexibility index (Phi) is 3.98. The SMILES string of the molecule is Cc1ccc(=O)n(CC(=O)Nc2ccc(C)c(C)c2)n1. The van der Waals surface area contributed by atoms with Crippen LogP contribution in [0.4, 0.5) is 5.69 Å². The lowest BCUT2D eigenvalue weighted by Gasteiger charge is -2.08. The van der Waals surface area contributed by atoms with Gasteiger partial charge in [0.1, 0.15) is 6.54 Å². The molecular formula is C15H17N3O2. The lowest BCUT2D eigenvalue weighted by atomic mass is 10.1. The lowest BCUT2D eigenvalue weighted by molar-refractivity contribution is -0.117. The number of nitrogens with one attached hydrogen (secondary N) is 1. The van der Waals surface area contributed by atoms with Crippen molar-refractivity contribution < 1.29 is 4.79 Å². The maximum absolute atomic E-state index is 11.9. The second-order valence-corrected chi connectivity index (χ2v) is 4.82. The van der Waals surface area contributed by atoms with Gasteiger partial charge in [-0.05, 0) is 50.1 Å². The van der Waals surface area contributed by atoms with Crippen LogP contribution in [-0.2, 0) is 11.3 Å². The summed E-state index contributed by atoms with van der Waals surface area (Å²) < 4.78 is 1.16. The maximum atomic E-state index is 11.9. The predicted octanol–water partition coefficient (Wildman–Crippen LogP) is 1.81. The Morgan fingerprint density at radius 2 is 1.90 bits per heavy atom. The molecule has 0 atom stereocenters. The van der Waals surface area contributed by atoms with Gasteiger partial charge in [-0.2, -0.15) is 5.10 Å². The number of aryl methyl sites for hydroxylation is 3. The first-order valence-corrected chi connectivity index (χ1v) is 6.37. The summed E-state index contributed by atoms with van der Waals surface area (Å²) in [6.45, 7) is 5.68. The van der Waals surface area contributed by atoms with Gasteiger partial charge in [-0.25, -0.2) is 4.68 Å². The minimum atomic E-state index is -0.286. The van der Waals surface area contributed by atoms with Gasteiger partial charge in [-0.3, -0.25) is 9.59 Å². The molecule has 0 aliphatic carbocycles. The zero-order valence-corrected chi connectivity index (χ0v) is 11.8. The summed E-state index contributed by atoms with van der Waals surface area (Å²) in [5, 5.41) is 6.80. The van der Waals surface area contributed by atoms with E-state index in [4.69, 9.17) is 0 Å². The van der Waals surface area contributed by atoms with Crippen LogP contribution in [0.15, 0.2) is 35.1 Å². The summed E-state index contributed by atoms with van der Waals surface area (Å²) in [5.41, 5.74) is 3.40. The summed E-state index contributed by atoms with van der Waals surface area (Å²) in [6, 6.07) is 8.72. The molecule has 1 aromatic carbocycles. The average molecular weight is 271 g/mol. The van der Waals surface area contributed by atoms with Crippen LogP contribution in [-0.4, -0.2) is 15.7 Å². The fourth-order valence-corrected chi connectivity index (χ4v) is 1.82. The highest BCUT2D eigenvalue weighted by atomic mass is 16.2. The van der Waals surface area contributed by atoms with Gasteiger partial charge in [0.15, 0.2) is 0 Å². The topological polar surface area (TPSA) is 64.0 Å². The molecule has 104 valence electrons. The molecule has 20 heavy (non-hydrogen) atoms. The normalized spacial score (nSPS) is 10.3. The van der Waals surface area contributed by atoms with Gasteiger partial charge in [0.2, 0.25) is 5.91 Å². The van der Waals surface area contributed by atoms with E-state index in [0.29, 0.717) is 5.69 Å². The second-order valence-electron chi connectivity index (χ2n) is 4.82. The molecule has 2 rings (SSSR count). The van der Waals surface area contributed by atoms with E-state index in [9.17, 15) is 9.59 Å². The van der Waals surface area contributed by atoms with Crippen LogP contribution >= 0.6 is 0 Å². The van der Waals surface area contributed by atoms with Crippen molar-refractivity contribution in [2.45, 2.75) is 27.3 Å². The Labute approximate surface area is 117 Å². The van der Waals surface area contributed by atoms with Gasteiger partial charge in [-0.15, -0.1) is 0 Å². The van der Waals surface area contributed by atoms with E-state index in [2.05, 4.69) is 10.4 Å². The van der Waals surface area contributed by atoms with Crippen LogP contribution in [0.2, 0.25) is 0 Å². The minimum Gasteiger partial charge on any atom is -0.324 e. The summed E-state index contributed by atoms with van der Waals surface area (Å²) in [7, 11) is 0. The Morgan fingerprint density at radius 3 is 2.60 bits per heavy atom. The van der Waals surface area contributed by atoms with E-state index in [-0.39, 0.29) is 18.0 Å². The molecule has 0 aliphatic heterocycles. The summed E-state index contributed by atoms with van der Waals surface area (Å²) in [5.74, 6) is -0.270. The van der Waals surface area contributed by atoms with Crippen molar-refractivity contribution in [3.8, 4) is 0 Å². The number of anilines is 1. The number of benzene rings is 1. The van der Waals surface area contributed by atoms with Gasteiger partial charge < -0.3 is 5.32 Å². The third-order valence-electron chi connectivity index (χ3n) is 3.08. The Morgan fingerprint density at radius 1 is 1.15 bits per heavy atom. The van der Waals surface area contributed by atoms with Crippen molar-refractivity contribution in [3.05, 3.63) is 57.5 Å². The standard InChI is InChI=1S/C15H17N3O2/c1-10-4-6-13(8-11(10)2)16-14(19)9-18-15(20)7-5-12(3)17-18/h4-8H,9H2,1-3H3,(H,16,19). The summed E-state index contributed by atoms with van der Waals surface area (Å²) in [6.07, 6.45) is 0. The number of amides is 1. The molecule has 0 bridgehead atoms. The quantitative estimate of drug-likeness (QED) is 0.926. The van der Waals surface area contributed by atoms with E-state index in [1.165, 1.54) is 11.6 Å². The highest BCUT2D eigenvalue weighted by Gasteiger charge is 2.07. The lowest BCUT2D eigenvalue weighted by Crippen LogP contribution is -2.29. The molecule has 1 N–H and O–H groups in total. The molecule has 0 saturated heterocycles. The molecule has 1 heterocycles. The molecule has 5 heteroatoms. The number of carbonyl (C=O) groups excluding carboxylic acids is 1. The number of hydrogen-bond donors (Lipinski definition) is 1. The first-order chi connectivity index (χ1) is 9.45. The number of rotatable bonds is 3. The Hall–Kier alpha value is -2.43. The molecule has 5 nitrogen and oxygen atoms in total. The molecule has 0 saturated carbocycles. The van der Waals surface area contributed by atoms with Crippen LogP contribution < -0.4 is 10.9 Å². The van der Waals surface area contributed by atoms with Crippen molar-refractivity contribution in [2.24, 2.45) is 0 Å². The van der Waals surface area contributed by atoms with Gasteiger partial charge in [0.05, 0.1) is 5.69 Å². The van der Waals surface area contributed by atoms with Crippen molar-refractivity contribution in [2.75, 3.05) is 5.32 Å². The summed E-state index contributed by atoms with van der Waals surface area (Å²) >= 11 is 0. The fraction of sp³-hybridized carbons (Fsp3) is 0.267. The van der Waals surface area contributed by atoms with Crippen molar-refractivity contribution in [3.63, 3.8) is 0 Å². The molecule has 0 spiro atoms. The van der Waals surface area contributed by atoms with Gasteiger partial charge in [0, 0.05) is 11.8 Å². The second kappa shape index (κ2) is 5.69. The molecule has 2 aromatic rings. The number of aromatic nitrogens is 2. The average Bonchev–Trinajstić information content (AvgIpc) is 2.38. The molecular weight excluding hydrogens is 254 g/mol. The monoisotopic (exact) mass is 271 g/mol. The predicted molar refractivity (Wildman–Crippen MR) is 77.8 cm³/mol. The zero-order valence-electron chi connectivity index (χ0n) is 11.8. The van der Waals surface area contributed by atoms with Gasteiger partial charge >= 0.3 is 0 Å². The fourth-order valence-electron chi connectivity index (χ4n) is 1.82. The molecule has 1 aromatic heterocycles. The molecule has 0 radical (unpaired) electrons. The van der Waals surface area contributed by atoms with Crippen molar-refractivity contribution >= 4 is 11.6 Å². The third-order valence-corrected chi connectivity index (χ3v) is 3.08.